The van der Waals surface area contributed by atoms with Crippen LogP contribution in [-0.2, 0) is 26.2 Å². The topological polar surface area (TPSA) is 0 Å². The van der Waals surface area contributed by atoms with Crippen molar-refractivity contribution in [1.29, 1.82) is 0 Å². The van der Waals surface area contributed by atoms with Gasteiger partial charge in [-0.15, -0.1) is 49.2 Å². The molecule has 0 spiro atoms. The molecule has 0 fully saturated rings. The maximum Gasteiger partial charge on any atom is 4.00 e. The third-order valence-electron chi connectivity index (χ3n) is 2.13. The summed E-state index contributed by atoms with van der Waals surface area (Å²) in [5.74, 6) is 0. The number of allylic oxidation sites excluding steroid dienone is 4. The molecule has 2 aromatic carbocycles. The predicted octanol–water partition coefficient (Wildman–Crippen LogP) is -1.33. The molecule has 1 aliphatic carbocycles. The van der Waals surface area contributed by atoms with Crippen molar-refractivity contribution in [2.45, 2.75) is 6.42 Å². The van der Waals surface area contributed by atoms with E-state index in [0.717, 1.165) is 6.42 Å². The molecule has 3 rings (SSSR count). The Bertz CT molecular complexity index is 432. The summed E-state index contributed by atoms with van der Waals surface area (Å²) in [6.45, 7) is 6.00. The number of fused-ring (bicyclic) bond motifs is 1. The Morgan fingerprint density at radius 3 is 2.21 bits per heavy atom. The molecule has 0 unspecified atom stereocenters. The zero-order valence-electron chi connectivity index (χ0n) is 10.7. The van der Waals surface area contributed by atoms with Crippen LogP contribution in [0.15, 0.2) is 73.9 Å². The second-order valence-electron chi connectivity index (χ2n) is 3.16. The second kappa shape index (κ2) is 15.6. The van der Waals surface area contributed by atoms with Gasteiger partial charge >= 0.3 is 26.2 Å². The minimum Gasteiger partial charge on any atom is -1.00 e. The van der Waals surface area contributed by atoms with Crippen LogP contribution >= 0.6 is 0 Å². The zero-order chi connectivity index (χ0) is 11.6. The van der Waals surface area contributed by atoms with E-state index >= 15 is 0 Å². The van der Waals surface area contributed by atoms with E-state index in [2.05, 4.69) is 67.8 Å². The first-order valence-electron chi connectivity index (χ1n) is 5.29. The molecule has 0 atom stereocenters. The number of rotatable bonds is 0. The Hall–Kier alpha value is -0.487. The average Bonchev–Trinajstić information content (AvgIpc) is 3.06. The van der Waals surface area contributed by atoms with Crippen LogP contribution in [0.5, 0.6) is 0 Å². The number of halogens is 2. The molecular formula is C16H16Cl2Zr. The summed E-state index contributed by atoms with van der Waals surface area (Å²) in [5.41, 5.74) is 0. The second-order valence-corrected chi connectivity index (χ2v) is 3.16. The van der Waals surface area contributed by atoms with Crippen LogP contribution in [0.3, 0.4) is 0 Å². The molecule has 19 heavy (non-hydrogen) atoms. The van der Waals surface area contributed by atoms with Gasteiger partial charge in [-0.2, -0.15) is 23.6 Å². The maximum absolute atomic E-state index is 3.00. The Kier molecular flexibility index (Phi) is 19.3. The van der Waals surface area contributed by atoms with Gasteiger partial charge in [0.2, 0.25) is 0 Å². The van der Waals surface area contributed by atoms with Gasteiger partial charge in [0, 0.05) is 0 Å². The fraction of sp³-hybridized carbons (Fsp3) is 0.0625. The average molecular weight is 370 g/mol. The summed E-state index contributed by atoms with van der Waals surface area (Å²) < 4.78 is 0. The minimum atomic E-state index is 0. The van der Waals surface area contributed by atoms with Crippen molar-refractivity contribution in [2.24, 2.45) is 0 Å². The molecule has 0 bridgehead atoms. The van der Waals surface area contributed by atoms with Gasteiger partial charge in [-0.25, -0.2) is 12.2 Å². The minimum absolute atomic E-state index is 0. The van der Waals surface area contributed by atoms with E-state index in [-0.39, 0.29) is 51.0 Å². The molecule has 0 saturated heterocycles. The van der Waals surface area contributed by atoms with E-state index in [9.17, 15) is 0 Å². The van der Waals surface area contributed by atoms with Crippen molar-refractivity contribution < 1.29 is 51.0 Å². The molecule has 98 valence electrons. The Morgan fingerprint density at radius 2 is 1.74 bits per heavy atom. The Morgan fingerprint density at radius 1 is 1.05 bits per heavy atom. The third kappa shape index (κ3) is 9.11. The fourth-order valence-corrected chi connectivity index (χ4v) is 1.41. The van der Waals surface area contributed by atoms with Gasteiger partial charge in [0.05, 0.1) is 0 Å². The third-order valence-corrected chi connectivity index (χ3v) is 2.13. The van der Waals surface area contributed by atoms with Crippen LogP contribution in [0.2, 0.25) is 0 Å². The maximum atomic E-state index is 3.00. The molecule has 0 heterocycles. The summed E-state index contributed by atoms with van der Waals surface area (Å²) in [6.07, 6.45) is 10.0. The van der Waals surface area contributed by atoms with E-state index < -0.39 is 0 Å². The summed E-state index contributed by atoms with van der Waals surface area (Å²) in [4.78, 5) is 0. The molecule has 0 saturated carbocycles. The van der Waals surface area contributed by atoms with E-state index in [1.165, 1.54) is 10.8 Å². The van der Waals surface area contributed by atoms with Crippen LogP contribution in [-0.4, -0.2) is 0 Å². The van der Waals surface area contributed by atoms with Crippen LogP contribution in [0.25, 0.3) is 10.8 Å². The predicted molar refractivity (Wildman–Crippen MR) is 72.4 cm³/mol. The molecule has 2 aromatic rings. The summed E-state index contributed by atoms with van der Waals surface area (Å²) in [7, 11) is 0. The van der Waals surface area contributed by atoms with Gasteiger partial charge in [0.15, 0.2) is 0 Å². The first-order valence-corrected chi connectivity index (χ1v) is 5.29. The van der Waals surface area contributed by atoms with Crippen LogP contribution in [0.4, 0.5) is 0 Å². The van der Waals surface area contributed by atoms with Crippen molar-refractivity contribution >= 4 is 10.8 Å². The molecule has 0 nitrogen and oxygen atoms in total. The number of benzene rings is 1. The molecule has 1 aliphatic rings. The smallest absolute Gasteiger partial charge is 1.00 e. The van der Waals surface area contributed by atoms with Crippen molar-refractivity contribution in [3.05, 3.63) is 79.9 Å². The van der Waals surface area contributed by atoms with Gasteiger partial charge in [-0.05, 0) is 0 Å². The monoisotopic (exact) mass is 368 g/mol. The summed E-state index contributed by atoms with van der Waals surface area (Å²) >= 11 is 0. The van der Waals surface area contributed by atoms with Crippen LogP contribution in [0, 0.1) is 6.08 Å². The van der Waals surface area contributed by atoms with Crippen molar-refractivity contribution in [1.82, 2.24) is 0 Å². The van der Waals surface area contributed by atoms with E-state index in [1.807, 2.05) is 12.2 Å². The molecule has 3 heteroatoms. The zero-order valence-corrected chi connectivity index (χ0v) is 14.6. The Balaban J connectivity index is -0.000000227. The quantitative estimate of drug-likeness (QED) is 0.398. The van der Waals surface area contributed by atoms with E-state index in [4.69, 9.17) is 0 Å². The Labute approximate surface area is 147 Å². The van der Waals surface area contributed by atoms with Crippen LogP contribution < -0.4 is 24.8 Å². The van der Waals surface area contributed by atoms with E-state index in [0.29, 0.717) is 0 Å². The fourth-order valence-electron chi connectivity index (χ4n) is 1.41. The van der Waals surface area contributed by atoms with Crippen molar-refractivity contribution in [3.63, 3.8) is 0 Å². The molecule has 0 aromatic heterocycles. The first-order chi connectivity index (χ1) is 7.97. The molecule has 0 amide bonds. The SMILES string of the molecule is C=C.[C-]1=CC=CC1.[Cl-].[Cl-].[Zr+4].c1ccc2[cH-]ccc2c1. The molecule has 0 aliphatic heterocycles. The summed E-state index contributed by atoms with van der Waals surface area (Å²) in [6, 6.07) is 14.7. The number of hydrogen-bond acceptors (Lipinski definition) is 0. The van der Waals surface area contributed by atoms with Gasteiger partial charge in [0.25, 0.3) is 0 Å². The van der Waals surface area contributed by atoms with Gasteiger partial charge in [-0.1, -0.05) is 6.07 Å². The normalized spacial score (nSPS) is 9.68. The molecule has 0 radical (unpaired) electrons. The van der Waals surface area contributed by atoms with Gasteiger partial charge < -0.3 is 24.8 Å². The largest absolute Gasteiger partial charge is 4.00 e. The first kappa shape index (κ1) is 23.6. The standard InChI is InChI=1S/C9H7.C5H5.C2H4.2ClH.Zr/c1-2-5-9-7-3-6-8(9)4-1;1-2-4-5-3-1;1-2;;;/h1-7H;1-3H,4H2;1-2H2;2*1H;/q2*-1;;;;+4/p-2. The van der Waals surface area contributed by atoms with Crippen molar-refractivity contribution in [2.75, 3.05) is 0 Å². The number of hydrogen-bond donors (Lipinski definition) is 0. The van der Waals surface area contributed by atoms with E-state index in [1.54, 1.807) is 0 Å². The van der Waals surface area contributed by atoms with Gasteiger partial charge in [0.1, 0.15) is 0 Å². The molecular weight excluding hydrogens is 354 g/mol. The van der Waals surface area contributed by atoms with Crippen LogP contribution in [0.1, 0.15) is 6.42 Å². The molecule has 0 N–H and O–H groups in total. The van der Waals surface area contributed by atoms with Gasteiger partial charge in [-0.3, -0.25) is 6.08 Å². The summed E-state index contributed by atoms with van der Waals surface area (Å²) in [5, 5.41) is 2.66. The van der Waals surface area contributed by atoms with Crippen molar-refractivity contribution in [3.8, 4) is 0 Å².